The average Bonchev–Trinajstić information content (AvgIpc) is 1.81. The monoisotopic (exact) mass is 187 g/mol. The zero-order valence-corrected chi connectivity index (χ0v) is 9.76. The van der Waals surface area contributed by atoms with Crippen molar-refractivity contribution in [2.75, 3.05) is 6.54 Å². The molecule has 0 aromatic heterocycles. The lowest BCUT2D eigenvalue weighted by Gasteiger charge is -2.29. The summed E-state index contributed by atoms with van der Waals surface area (Å²) in [6.45, 7) is 11.5. The van der Waals surface area contributed by atoms with E-state index in [9.17, 15) is 0 Å². The molecular formula is C11H25NO. The highest BCUT2D eigenvalue weighted by molar-refractivity contribution is 4.71. The molecule has 1 unspecified atom stereocenters. The van der Waals surface area contributed by atoms with Crippen LogP contribution >= 0.6 is 0 Å². The van der Waals surface area contributed by atoms with Crippen LogP contribution in [0.25, 0.3) is 0 Å². The van der Waals surface area contributed by atoms with E-state index in [2.05, 4.69) is 34.6 Å². The van der Waals surface area contributed by atoms with E-state index in [0.29, 0.717) is 18.6 Å². The van der Waals surface area contributed by atoms with Gasteiger partial charge in [-0.05, 0) is 46.1 Å². The standard InChI is InChI=1S/C11H25NO/c1-9(2)8-10(3)13-11(4,5)6-7-12/h9-10H,6-8,12H2,1-5H3. The molecule has 0 radical (unpaired) electrons. The third kappa shape index (κ3) is 7.03. The maximum Gasteiger partial charge on any atom is 0.0642 e. The summed E-state index contributed by atoms with van der Waals surface area (Å²) >= 11 is 0. The van der Waals surface area contributed by atoms with Crippen LogP contribution in [-0.2, 0) is 4.74 Å². The highest BCUT2D eigenvalue weighted by Gasteiger charge is 2.20. The van der Waals surface area contributed by atoms with Crippen molar-refractivity contribution in [2.45, 2.75) is 59.2 Å². The van der Waals surface area contributed by atoms with Gasteiger partial charge >= 0.3 is 0 Å². The maximum atomic E-state index is 5.91. The second-order valence-electron chi connectivity index (χ2n) is 4.86. The Morgan fingerprint density at radius 1 is 1.23 bits per heavy atom. The highest BCUT2D eigenvalue weighted by atomic mass is 16.5. The van der Waals surface area contributed by atoms with E-state index in [-0.39, 0.29) is 5.60 Å². The molecule has 0 bridgehead atoms. The van der Waals surface area contributed by atoms with Crippen LogP contribution in [0.5, 0.6) is 0 Å². The van der Waals surface area contributed by atoms with Crippen molar-refractivity contribution in [2.24, 2.45) is 11.7 Å². The molecule has 0 aromatic carbocycles. The fourth-order valence-corrected chi connectivity index (χ4v) is 1.66. The largest absolute Gasteiger partial charge is 0.373 e. The van der Waals surface area contributed by atoms with Gasteiger partial charge in [-0.1, -0.05) is 13.8 Å². The summed E-state index contributed by atoms with van der Waals surface area (Å²) in [5.41, 5.74) is 5.45. The molecule has 2 nitrogen and oxygen atoms in total. The van der Waals surface area contributed by atoms with Gasteiger partial charge in [-0.3, -0.25) is 0 Å². The zero-order chi connectivity index (χ0) is 10.5. The van der Waals surface area contributed by atoms with E-state index in [0.717, 1.165) is 12.8 Å². The lowest BCUT2D eigenvalue weighted by molar-refractivity contribution is -0.0732. The second kappa shape index (κ2) is 5.61. The predicted octanol–water partition coefficient (Wildman–Crippen LogP) is 2.57. The van der Waals surface area contributed by atoms with Crippen molar-refractivity contribution in [3.8, 4) is 0 Å². The summed E-state index contributed by atoms with van der Waals surface area (Å²) in [6.07, 6.45) is 2.38. The van der Waals surface area contributed by atoms with E-state index in [1.165, 1.54) is 0 Å². The van der Waals surface area contributed by atoms with Gasteiger partial charge in [-0.25, -0.2) is 0 Å². The summed E-state index contributed by atoms with van der Waals surface area (Å²) in [5, 5.41) is 0. The Bertz CT molecular complexity index is 132. The van der Waals surface area contributed by atoms with Crippen LogP contribution in [0.3, 0.4) is 0 Å². The molecule has 0 saturated carbocycles. The van der Waals surface area contributed by atoms with E-state index in [1.54, 1.807) is 0 Å². The molecule has 0 aliphatic heterocycles. The Kier molecular flexibility index (Phi) is 5.57. The van der Waals surface area contributed by atoms with Crippen LogP contribution < -0.4 is 5.73 Å². The quantitative estimate of drug-likeness (QED) is 0.693. The molecule has 0 amide bonds. The molecular weight excluding hydrogens is 162 g/mol. The van der Waals surface area contributed by atoms with Gasteiger partial charge in [0.15, 0.2) is 0 Å². The van der Waals surface area contributed by atoms with Crippen molar-refractivity contribution < 1.29 is 4.74 Å². The van der Waals surface area contributed by atoms with Crippen LogP contribution in [0.2, 0.25) is 0 Å². The van der Waals surface area contributed by atoms with Gasteiger partial charge in [0.05, 0.1) is 11.7 Å². The molecule has 0 saturated heterocycles. The number of ether oxygens (including phenoxy) is 1. The van der Waals surface area contributed by atoms with Crippen LogP contribution in [0.15, 0.2) is 0 Å². The fraction of sp³-hybridized carbons (Fsp3) is 1.00. The van der Waals surface area contributed by atoms with Crippen molar-refractivity contribution in [3.63, 3.8) is 0 Å². The molecule has 0 aliphatic carbocycles. The third-order valence-electron chi connectivity index (χ3n) is 2.07. The van der Waals surface area contributed by atoms with Gasteiger partial charge in [-0.2, -0.15) is 0 Å². The van der Waals surface area contributed by atoms with Crippen LogP contribution in [0, 0.1) is 5.92 Å². The first-order chi connectivity index (χ1) is 5.87. The minimum absolute atomic E-state index is 0.0664. The fourth-order valence-electron chi connectivity index (χ4n) is 1.66. The van der Waals surface area contributed by atoms with Crippen molar-refractivity contribution >= 4 is 0 Å². The molecule has 13 heavy (non-hydrogen) atoms. The van der Waals surface area contributed by atoms with Gasteiger partial charge in [-0.15, -0.1) is 0 Å². The van der Waals surface area contributed by atoms with Gasteiger partial charge < -0.3 is 10.5 Å². The van der Waals surface area contributed by atoms with E-state index < -0.39 is 0 Å². The number of nitrogens with two attached hydrogens (primary N) is 1. The maximum absolute atomic E-state index is 5.91. The smallest absolute Gasteiger partial charge is 0.0642 e. The third-order valence-corrected chi connectivity index (χ3v) is 2.07. The number of hydrogen-bond acceptors (Lipinski definition) is 2. The lowest BCUT2D eigenvalue weighted by Crippen LogP contribution is -2.32. The summed E-state index contributed by atoms with van der Waals surface area (Å²) in [7, 11) is 0. The Labute approximate surface area is 82.8 Å². The van der Waals surface area contributed by atoms with Crippen LogP contribution in [0.1, 0.15) is 47.5 Å². The number of hydrogen-bond donors (Lipinski definition) is 1. The predicted molar refractivity (Wildman–Crippen MR) is 57.8 cm³/mol. The Balaban J connectivity index is 3.81. The first kappa shape index (κ1) is 12.9. The van der Waals surface area contributed by atoms with E-state index in [4.69, 9.17) is 10.5 Å². The minimum atomic E-state index is -0.0664. The molecule has 1 atom stereocenters. The van der Waals surface area contributed by atoms with Gasteiger partial charge in [0.25, 0.3) is 0 Å². The highest BCUT2D eigenvalue weighted by Crippen LogP contribution is 2.19. The molecule has 0 heterocycles. The first-order valence-electron chi connectivity index (χ1n) is 5.25. The molecule has 0 fully saturated rings. The molecule has 0 rings (SSSR count). The molecule has 0 spiro atoms. The molecule has 0 aliphatic rings. The summed E-state index contributed by atoms with van der Waals surface area (Å²) in [5.74, 6) is 0.698. The Morgan fingerprint density at radius 2 is 1.77 bits per heavy atom. The van der Waals surface area contributed by atoms with Crippen molar-refractivity contribution in [1.82, 2.24) is 0 Å². The molecule has 80 valence electrons. The second-order valence-corrected chi connectivity index (χ2v) is 4.86. The Hall–Kier alpha value is -0.0800. The molecule has 2 heteroatoms. The molecule has 2 N–H and O–H groups in total. The summed E-state index contributed by atoms with van der Waals surface area (Å²) in [4.78, 5) is 0. The topological polar surface area (TPSA) is 35.2 Å². The van der Waals surface area contributed by atoms with Crippen LogP contribution in [-0.4, -0.2) is 18.2 Å². The lowest BCUT2D eigenvalue weighted by atomic mass is 10.0. The van der Waals surface area contributed by atoms with E-state index in [1.807, 2.05) is 0 Å². The van der Waals surface area contributed by atoms with Crippen molar-refractivity contribution in [1.29, 1.82) is 0 Å². The Morgan fingerprint density at radius 3 is 2.15 bits per heavy atom. The number of rotatable bonds is 6. The van der Waals surface area contributed by atoms with Crippen molar-refractivity contribution in [3.05, 3.63) is 0 Å². The zero-order valence-electron chi connectivity index (χ0n) is 9.76. The average molecular weight is 187 g/mol. The van der Waals surface area contributed by atoms with Gasteiger partial charge in [0.1, 0.15) is 0 Å². The minimum Gasteiger partial charge on any atom is -0.373 e. The van der Waals surface area contributed by atoms with Gasteiger partial charge in [0, 0.05) is 0 Å². The van der Waals surface area contributed by atoms with E-state index >= 15 is 0 Å². The summed E-state index contributed by atoms with van der Waals surface area (Å²) in [6, 6.07) is 0. The SMILES string of the molecule is CC(C)CC(C)OC(C)(C)CCN. The first-order valence-corrected chi connectivity index (χ1v) is 5.25. The molecule has 0 aromatic rings. The normalized spacial score (nSPS) is 15.0. The summed E-state index contributed by atoms with van der Waals surface area (Å²) < 4.78 is 5.91. The van der Waals surface area contributed by atoms with Crippen LogP contribution in [0.4, 0.5) is 0 Å². The van der Waals surface area contributed by atoms with Gasteiger partial charge in [0.2, 0.25) is 0 Å².